The molecule has 4 atom stereocenters. The molecule has 0 saturated carbocycles. The predicted molar refractivity (Wildman–Crippen MR) is 169 cm³/mol. The number of benzene rings is 2. The summed E-state index contributed by atoms with van der Waals surface area (Å²) in [6.07, 6.45) is -2.17. The number of pyridine rings is 1. The lowest BCUT2D eigenvalue weighted by molar-refractivity contribution is -0.138. The molecule has 0 radical (unpaired) electrons. The van der Waals surface area contributed by atoms with Gasteiger partial charge in [-0.25, -0.2) is 32.9 Å². The van der Waals surface area contributed by atoms with E-state index < -0.39 is 42.0 Å². The number of carboxylic acid groups (broad SMARTS) is 1. The monoisotopic (exact) mass is 647 g/mol. The van der Waals surface area contributed by atoms with Crippen molar-refractivity contribution in [2.24, 2.45) is 5.92 Å². The average molecular weight is 648 g/mol. The molecule has 2 aromatic carbocycles. The van der Waals surface area contributed by atoms with Gasteiger partial charge in [-0.05, 0) is 35.9 Å². The van der Waals surface area contributed by atoms with E-state index in [0.29, 0.717) is 16.5 Å². The van der Waals surface area contributed by atoms with Gasteiger partial charge in [0.2, 0.25) is 5.88 Å². The first-order chi connectivity index (χ1) is 22.7. The number of ether oxygens (including phenoxy) is 2. The predicted octanol–water partition coefficient (Wildman–Crippen LogP) is 6.75. The van der Waals surface area contributed by atoms with Crippen LogP contribution in [-0.2, 0) is 15.2 Å². The average Bonchev–Trinajstić information content (AvgIpc) is 3.68. The minimum Gasteiger partial charge on any atom is -0.480 e. The van der Waals surface area contributed by atoms with Gasteiger partial charge in [-0.3, -0.25) is 0 Å². The van der Waals surface area contributed by atoms with Gasteiger partial charge in [-0.2, -0.15) is 0 Å². The molecule has 0 spiro atoms. The summed E-state index contributed by atoms with van der Waals surface area (Å²) in [7, 11) is 1.81. The van der Waals surface area contributed by atoms with Crippen LogP contribution in [0.15, 0.2) is 65.2 Å². The van der Waals surface area contributed by atoms with Crippen LogP contribution in [0.3, 0.4) is 0 Å². The van der Waals surface area contributed by atoms with Crippen LogP contribution in [0.4, 0.5) is 24.7 Å². The fourth-order valence-corrected chi connectivity index (χ4v) is 6.51. The Hall–Kier alpha value is -4.91. The van der Waals surface area contributed by atoms with E-state index in [-0.39, 0.29) is 61.0 Å². The molecule has 7 rings (SSSR count). The molecule has 244 valence electrons. The zero-order valence-corrected chi connectivity index (χ0v) is 25.6. The molecule has 0 unspecified atom stereocenters. The lowest BCUT2D eigenvalue weighted by Crippen LogP contribution is -2.38. The van der Waals surface area contributed by atoms with E-state index in [2.05, 4.69) is 20.3 Å². The summed E-state index contributed by atoms with van der Waals surface area (Å²) in [6, 6.07) is 15.0. The number of aliphatic carboxylic acids is 1. The number of aromatic nitrogens is 3. The van der Waals surface area contributed by atoms with E-state index in [1.807, 2.05) is 31.3 Å². The summed E-state index contributed by atoms with van der Waals surface area (Å²) in [6.45, 7) is 2.13. The highest BCUT2D eigenvalue weighted by Crippen LogP contribution is 2.46. The minimum atomic E-state index is -3.01. The summed E-state index contributed by atoms with van der Waals surface area (Å²) in [5, 5.41) is 13.8. The van der Waals surface area contributed by atoms with Gasteiger partial charge in [0.1, 0.15) is 28.9 Å². The van der Waals surface area contributed by atoms with E-state index in [0.717, 1.165) is 11.3 Å². The topological polar surface area (TPSA) is 123 Å². The SMILES string of the molecule is CNc1cccc(-c2cnc(O[C@H]3C[C@@H](C(=O)O)N(c4nc(C(F)F)nc5c4oc4ccccc45)C3)c([C@@]3(F)CCOC[C@@H]3C)c2)c1. The summed E-state index contributed by atoms with van der Waals surface area (Å²) in [4.78, 5) is 26.6. The molecular weight excluding hydrogens is 615 g/mol. The maximum atomic E-state index is 17.0. The zero-order valence-electron chi connectivity index (χ0n) is 25.6. The first kappa shape index (κ1) is 30.7. The van der Waals surface area contributed by atoms with Gasteiger partial charge in [0, 0.05) is 55.2 Å². The van der Waals surface area contributed by atoms with E-state index in [1.54, 1.807) is 43.5 Å². The van der Waals surface area contributed by atoms with Crippen LogP contribution in [0.25, 0.3) is 33.2 Å². The largest absolute Gasteiger partial charge is 0.480 e. The molecule has 0 aliphatic carbocycles. The second-order valence-electron chi connectivity index (χ2n) is 12.0. The Morgan fingerprint density at radius 3 is 2.74 bits per heavy atom. The van der Waals surface area contributed by atoms with Crippen LogP contribution in [0.2, 0.25) is 0 Å². The molecule has 5 aromatic rings. The quantitative estimate of drug-likeness (QED) is 0.187. The third kappa shape index (κ3) is 5.47. The Balaban J connectivity index is 1.28. The number of alkyl halides is 3. The normalized spacial score (nSPS) is 23.1. The van der Waals surface area contributed by atoms with Crippen molar-refractivity contribution < 1.29 is 37.0 Å². The number of fused-ring (bicyclic) bond motifs is 3. The van der Waals surface area contributed by atoms with E-state index in [4.69, 9.17) is 13.9 Å². The number of rotatable bonds is 8. The molecule has 47 heavy (non-hydrogen) atoms. The molecule has 2 N–H and O–H groups in total. The molecule has 5 heterocycles. The molecule has 2 fully saturated rings. The second-order valence-corrected chi connectivity index (χ2v) is 12.0. The standard InChI is InChI=1S/C34H32F3N5O5/c1-18-17-45-11-10-34(18,37)24-13-20(19-6-5-7-21(12-19)38-2)15-39-32(24)46-22-14-25(33(43)44)42(16-22)31-28-27(40-30(41-31)29(35)36)23-8-3-4-9-26(23)47-28/h3-9,12-13,15,18,22,25,29,38H,10-11,14,16-17H2,1-2H3,(H,43,44)/t18-,22-,25-,34+/m0/s1. The van der Waals surface area contributed by atoms with Crippen molar-refractivity contribution >= 4 is 39.5 Å². The molecule has 2 saturated heterocycles. The lowest BCUT2D eigenvalue weighted by Gasteiger charge is -2.37. The Morgan fingerprint density at radius 1 is 1.15 bits per heavy atom. The molecule has 2 aliphatic rings. The van der Waals surface area contributed by atoms with Crippen molar-refractivity contribution in [1.82, 2.24) is 15.0 Å². The lowest BCUT2D eigenvalue weighted by atomic mass is 9.80. The maximum Gasteiger partial charge on any atom is 0.326 e. The van der Waals surface area contributed by atoms with Crippen molar-refractivity contribution in [2.75, 3.05) is 37.0 Å². The first-order valence-corrected chi connectivity index (χ1v) is 15.3. The highest BCUT2D eigenvalue weighted by molar-refractivity contribution is 6.06. The zero-order chi connectivity index (χ0) is 32.9. The highest BCUT2D eigenvalue weighted by atomic mass is 19.3. The number of carboxylic acids is 1. The third-order valence-corrected chi connectivity index (χ3v) is 9.06. The number of hydrogen-bond acceptors (Lipinski definition) is 9. The van der Waals surface area contributed by atoms with Crippen LogP contribution in [0.1, 0.15) is 37.6 Å². The maximum absolute atomic E-state index is 17.0. The molecule has 10 nitrogen and oxygen atoms in total. The summed E-state index contributed by atoms with van der Waals surface area (Å²) in [5.74, 6) is -2.50. The molecule has 0 bridgehead atoms. The van der Waals surface area contributed by atoms with E-state index in [1.165, 1.54) is 4.90 Å². The van der Waals surface area contributed by atoms with E-state index in [9.17, 15) is 18.7 Å². The number of carbonyl (C=O) groups is 1. The molecule has 2 aliphatic heterocycles. The number of hydrogen-bond donors (Lipinski definition) is 2. The van der Waals surface area contributed by atoms with Crippen molar-refractivity contribution in [3.63, 3.8) is 0 Å². The molecular formula is C34H32F3N5O5. The van der Waals surface area contributed by atoms with Crippen LogP contribution in [0, 0.1) is 5.92 Å². The highest BCUT2D eigenvalue weighted by Gasteiger charge is 2.46. The number of nitrogens with zero attached hydrogens (tertiary/aromatic N) is 4. The Kier molecular flexibility index (Phi) is 7.87. The Bertz CT molecular complexity index is 1970. The number of furan rings is 1. The number of nitrogens with one attached hydrogen (secondary N) is 1. The Labute approximate surface area is 267 Å². The second kappa shape index (κ2) is 12.0. The van der Waals surface area contributed by atoms with Gasteiger partial charge in [0.25, 0.3) is 6.43 Å². The van der Waals surface area contributed by atoms with Crippen molar-refractivity contribution in [3.05, 3.63) is 72.2 Å². The number of para-hydroxylation sites is 1. The first-order valence-electron chi connectivity index (χ1n) is 15.3. The van der Waals surface area contributed by atoms with Crippen LogP contribution in [-0.4, -0.2) is 65.0 Å². The van der Waals surface area contributed by atoms with Gasteiger partial charge in [-0.15, -0.1) is 0 Å². The van der Waals surface area contributed by atoms with Gasteiger partial charge >= 0.3 is 5.97 Å². The van der Waals surface area contributed by atoms with Gasteiger partial charge < -0.3 is 29.2 Å². The van der Waals surface area contributed by atoms with Crippen LogP contribution < -0.4 is 15.0 Å². The third-order valence-electron chi connectivity index (χ3n) is 9.06. The van der Waals surface area contributed by atoms with E-state index >= 15 is 4.39 Å². The smallest absolute Gasteiger partial charge is 0.326 e. The summed E-state index contributed by atoms with van der Waals surface area (Å²) < 4.78 is 62.9. The van der Waals surface area contributed by atoms with Crippen molar-refractivity contribution in [2.45, 2.75) is 44.0 Å². The van der Waals surface area contributed by atoms with Crippen LogP contribution >= 0.6 is 0 Å². The van der Waals surface area contributed by atoms with Gasteiger partial charge in [0.05, 0.1) is 18.7 Å². The summed E-state index contributed by atoms with van der Waals surface area (Å²) >= 11 is 0. The molecule has 3 aromatic heterocycles. The van der Waals surface area contributed by atoms with Crippen molar-refractivity contribution in [3.8, 4) is 17.0 Å². The number of anilines is 2. The Morgan fingerprint density at radius 2 is 1.98 bits per heavy atom. The minimum absolute atomic E-state index is 0.0376. The van der Waals surface area contributed by atoms with Crippen LogP contribution in [0.5, 0.6) is 5.88 Å². The summed E-state index contributed by atoms with van der Waals surface area (Å²) in [5.41, 5.74) is 1.45. The van der Waals surface area contributed by atoms with Gasteiger partial charge in [-0.1, -0.05) is 31.2 Å². The molecule has 0 amide bonds. The fourth-order valence-electron chi connectivity index (χ4n) is 6.51. The number of halogens is 3. The molecule has 13 heteroatoms. The van der Waals surface area contributed by atoms with Crippen molar-refractivity contribution in [1.29, 1.82) is 0 Å². The fraction of sp³-hybridized carbons (Fsp3) is 0.353. The van der Waals surface area contributed by atoms with Gasteiger partial charge in [0.15, 0.2) is 17.2 Å².